The first kappa shape index (κ1) is 14.4. The second-order valence-corrected chi connectivity index (χ2v) is 6.31. The lowest BCUT2D eigenvalue weighted by atomic mass is 9.87. The largest absolute Gasteiger partial charge is 0.466 e. The molecule has 21 heavy (non-hydrogen) atoms. The number of aryl methyl sites for hydroxylation is 2. The summed E-state index contributed by atoms with van der Waals surface area (Å²) in [6.45, 7) is 8.68. The normalized spacial score (nSPS) is 26.0. The average molecular weight is 291 g/mol. The fourth-order valence-corrected chi connectivity index (χ4v) is 3.45. The number of ether oxygens (including phenoxy) is 1. The molecule has 2 saturated heterocycles. The lowest BCUT2D eigenvalue weighted by Gasteiger charge is -2.24. The SMILES string of the molecule is CN=C(NCc1cc(C)oc1C)N1CCC2(CCOC2)C1. The van der Waals surface area contributed by atoms with Gasteiger partial charge in [-0.05, 0) is 32.8 Å². The summed E-state index contributed by atoms with van der Waals surface area (Å²) < 4.78 is 11.2. The molecule has 3 heterocycles. The van der Waals surface area contributed by atoms with Gasteiger partial charge < -0.3 is 19.4 Å². The van der Waals surface area contributed by atoms with Crippen molar-refractivity contribution in [1.29, 1.82) is 0 Å². The van der Waals surface area contributed by atoms with E-state index in [2.05, 4.69) is 21.3 Å². The van der Waals surface area contributed by atoms with Gasteiger partial charge in [-0.25, -0.2) is 0 Å². The van der Waals surface area contributed by atoms with Crippen LogP contribution in [0.4, 0.5) is 0 Å². The van der Waals surface area contributed by atoms with Gasteiger partial charge in [0.25, 0.3) is 0 Å². The van der Waals surface area contributed by atoms with Crippen molar-refractivity contribution < 1.29 is 9.15 Å². The van der Waals surface area contributed by atoms with E-state index in [9.17, 15) is 0 Å². The van der Waals surface area contributed by atoms with Gasteiger partial charge in [-0.1, -0.05) is 0 Å². The van der Waals surface area contributed by atoms with Gasteiger partial charge in [0.05, 0.1) is 6.61 Å². The Labute approximate surface area is 126 Å². The average Bonchev–Trinajstić information content (AvgIpc) is 3.15. The minimum absolute atomic E-state index is 0.361. The van der Waals surface area contributed by atoms with Crippen molar-refractivity contribution in [2.45, 2.75) is 33.2 Å². The molecule has 2 fully saturated rings. The molecule has 116 valence electrons. The number of nitrogens with one attached hydrogen (secondary N) is 1. The summed E-state index contributed by atoms with van der Waals surface area (Å²) >= 11 is 0. The highest BCUT2D eigenvalue weighted by Gasteiger charge is 2.42. The maximum absolute atomic E-state index is 5.59. The fourth-order valence-electron chi connectivity index (χ4n) is 3.45. The first-order valence-electron chi connectivity index (χ1n) is 7.71. The quantitative estimate of drug-likeness (QED) is 0.669. The van der Waals surface area contributed by atoms with E-state index in [1.807, 2.05) is 20.9 Å². The fraction of sp³-hybridized carbons (Fsp3) is 0.688. The number of hydrogen-bond acceptors (Lipinski definition) is 3. The van der Waals surface area contributed by atoms with Gasteiger partial charge in [0.2, 0.25) is 0 Å². The van der Waals surface area contributed by atoms with E-state index in [0.717, 1.165) is 50.3 Å². The highest BCUT2D eigenvalue weighted by atomic mass is 16.5. The minimum Gasteiger partial charge on any atom is -0.466 e. The molecule has 0 aromatic carbocycles. The summed E-state index contributed by atoms with van der Waals surface area (Å²) in [4.78, 5) is 6.79. The van der Waals surface area contributed by atoms with Crippen molar-refractivity contribution in [3.63, 3.8) is 0 Å². The molecular formula is C16H25N3O2. The van der Waals surface area contributed by atoms with Crippen LogP contribution in [0.1, 0.15) is 29.9 Å². The van der Waals surface area contributed by atoms with Gasteiger partial charge in [0.1, 0.15) is 11.5 Å². The summed E-state index contributed by atoms with van der Waals surface area (Å²) in [6, 6.07) is 2.09. The molecule has 1 spiro atoms. The molecule has 2 aliphatic rings. The summed E-state index contributed by atoms with van der Waals surface area (Å²) in [6.07, 6.45) is 2.39. The van der Waals surface area contributed by atoms with Crippen LogP contribution in [-0.4, -0.2) is 44.2 Å². The van der Waals surface area contributed by atoms with Crippen molar-refractivity contribution in [1.82, 2.24) is 10.2 Å². The molecule has 1 aromatic rings. The molecule has 1 N–H and O–H groups in total. The number of guanidine groups is 1. The van der Waals surface area contributed by atoms with E-state index in [1.54, 1.807) is 0 Å². The number of rotatable bonds is 2. The molecule has 1 aromatic heterocycles. The predicted molar refractivity (Wildman–Crippen MR) is 82.4 cm³/mol. The molecule has 0 radical (unpaired) electrons. The standard InChI is InChI=1S/C16H25N3O2/c1-12-8-14(13(2)21-12)9-18-15(17-3)19-6-4-16(10-19)5-7-20-11-16/h8H,4-7,9-11H2,1-3H3,(H,17,18). The summed E-state index contributed by atoms with van der Waals surface area (Å²) in [5.41, 5.74) is 1.56. The molecular weight excluding hydrogens is 266 g/mol. The van der Waals surface area contributed by atoms with Crippen LogP contribution >= 0.6 is 0 Å². The Hall–Kier alpha value is -1.49. The topological polar surface area (TPSA) is 50.0 Å². The zero-order valence-corrected chi connectivity index (χ0v) is 13.2. The maximum Gasteiger partial charge on any atom is 0.193 e. The highest BCUT2D eigenvalue weighted by molar-refractivity contribution is 5.80. The van der Waals surface area contributed by atoms with Crippen LogP contribution in [-0.2, 0) is 11.3 Å². The van der Waals surface area contributed by atoms with Crippen molar-refractivity contribution in [2.75, 3.05) is 33.4 Å². The Morgan fingerprint density at radius 1 is 1.43 bits per heavy atom. The van der Waals surface area contributed by atoms with Crippen LogP contribution in [0.25, 0.3) is 0 Å². The van der Waals surface area contributed by atoms with Crippen LogP contribution < -0.4 is 5.32 Å². The Kier molecular flexibility index (Phi) is 3.93. The summed E-state index contributed by atoms with van der Waals surface area (Å²) in [7, 11) is 1.85. The van der Waals surface area contributed by atoms with Crippen molar-refractivity contribution in [2.24, 2.45) is 10.4 Å². The second kappa shape index (κ2) is 5.72. The van der Waals surface area contributed by atoms with Crippen LogP contribution in [0.2, 0.25) is 0 Å². The third-order valence-electron chi connectivity index (χ3n) is 4.72. The minimum atomic E-state index is 0.361. The van der Waals surface area contributed by atoms with E-state index in [0.29, 0.717) is 5.41 Å². The molecule has 0 bridgehead atoms. The van der Waals surface area contributed by atoms with Crippen LogP contribution in [0, 0.1) is 19.3 Å². The molecule has 3 rings (SSSR count). The maximum atomic E-state index is 5.59. The molecule has 0 saturated carbocycles. The number of likely N-dealkylation sites (tertiary alicyclic amines) is 1. The van der Waals surface area contributed by atoms with Crippen molar-refractivity contribution in [3.05, 3.63) is 23.2 Å². The second-order valence-electron chi connectivity index (χ2n) is 6.31. The van der Waals surface area contributed by atoms with E-state index in [1.165, 1.54) is 18.4 Å². The van der Waals surface area contributed by atoms with Gasteiger partial charge >= 0.3 is 0 Å². The number of furan rings is 1. The lowest BCUT2D eigenvalue weighted by Crippen LogP contribution is -2.41. The van der Waals surface area contributed by atoms with E-state index >= 15 is 0 Å². The third kappa shape index (κ3) is 2.93. The first-order chi connectivity index (χ1) is 10.1. The van der Waals surface area contributed by atoms with Gasteiger partial charge in [-0.2, -0.15) is 0 Å². The Bertz CT molecular complexity index is 530. The molecule has 0 amide bonds. The number of hydrogen-bond donors (Lipinski definition) is 1. The Morgan fingerprint density at radius 2 is 2.29 bits per heavy atom. The number of aliphatic imine (C=N–C) groups is 1. The van der Waals surface area contributed by atoms with Crippen LogP contribution in [0.3, 0.4) is 0 Å². The Morgan fingerprint density at radius 3 is 2.90 bits per heavy atom. The zero-order chi connectivity index (χ0) is 14.9. The predicted octanol–water partition coefficient (Wildman–Crippen LogP) is 2.08. The smallest absolute Gasteiger partial charge is 0.193 e. The van der Waals surface area contributed by atoms with Gasteiger partial charge in [0.15, 0.2) is 5.96 Å². The number of nitrogens with zero attached hydrogens (tertiary/aromatic N) is 2. The van der Waals surface area contributed by atoms with Crippen molar-refractivity contribution in [3.8, 4) is 0 Å². The van der Waals surface area contributed by atoms with Crippen molar-refractivity contribution >= 4 is 5.96 Å². The van der Waals surface area contributed by atoms with Crippen LogP contribution in [0.5, 0.6) is 0 Å². The molecule has 5 nitrogen and oxygen atoms in total. The molecule has 2 aliphatic heterocycles. The summed E-state index contributed by atoms with van der Waals surface area (Å²) in [5.74, 6) is 2.93. The molecule has 1 unspecified atom stereocenters. The van der Waals surface area contributed by atoms with E-state index < -0.39 is 0 Å². The van der Waals surface area contributed by atoms with E-state index in [4.69, 9.17) is 9.15 Å². The lowest BCUT2D eigenvalue weighted by molar-refractivity contribution is 0.156. The van der Waals surface area contributed by atoms with Crippen LogP contribution in [0.15, 0.2) is 15.5 Å². The third-order valence-corrected chi connectivity index (χ3v) is 4.72. The molecule has 1 atom stereocenters. The van der Waals surface area contributed by atoms with Gasteiger partial charge in [0, 0.05) is 44.3 Å². The highest BCUT2D eigenvalue weighted by Crippen LogP contribution is 2.38. The summed E-state index contributed by atoms with van der Waals surface area (Å²) in [5, 5.41) is 3.46. The van der Waals surface area contributed by atoms with Gasteiger partial charge in [-0.15, -0.1) is 0 Å². The van der Waals surface area contributed by atoms with Gasteiger partial charge in [-0.3, -0.25) is 4.99 Å². The zero-order valence-electron chi connectivity index (χ0n) is 13.2. The Balaban J connectivity index is 1.60. The molecule has 0 aliphatic carbocycles. The van der Waals surface area contributed by atoms with E-state index in [-0.39, 0.29) is 0 Å². The molecule has 5 heteroatoms. The monoisotopic (exact) mass is 291 g/mol. The first-order valence-corrected chi connectivity index (χ1v) is 7.71.